The van der Waals surface area contributed by atoms with Gasteiger partial charge in [0.05, 0.1) is 0 Å². The molecule has 0 aliphatic carbocycles. The Morgan fingerprint density at radius 1 is 1.35 bits per heavy atom. The van der Waals surface area contributed by atoms with Crippen LogP contribution in [-0.4, -0.2) is 30.2 Å². The number of nitrogen functional groups attached to an aromatic ring is 1. The molecule has 0 aromatic carbocycles. The number of rotatable bonds is 5. The maximum absolute atomic E-state index is 5.77. The largest absolute Gasteiger partial charge is 0.384 e. The summed E-state index contributed by atoms with van der Waals surface area (Å²) in [7, 11) is 3.63. The van der Waals surface area contributed by atoms with Gasteiger partial charge < -0.3 is 15.4 Å². The van der Waals surface area contributed by atoms with Gasteiger partial charge in [0.15, 0.2) is 5.82 Å². The first-order chi connectivity index (χ1) is 7.95. The van der Waals surface area contributed by atoms with E-state index in [9.17, 15) is 0 Å². The van der Waals surface area contributed by atoms with Crippen LogP contribution in [0.4, 0.5) is 11.6 Å². The molecule has 2 N–H and O–H groups in total. The predicted molar refractivity (Wildman–Crippen MR) is 69.9 cm³/mol. The van der Waals surface area contributed by atoms with E-state index in [-0.39, 0.29) is 0 Å². The van der Waals surface area contributed by atoms with Gasteiger partial charge in [0.25, 0.3) is 0 Å². The Labute approximate surface area is 103 Å². The quantitative estimate of drug-likeness (QED) is 0.845. The third kappa shape index (κ3) is 3.56. The Bertz CT molecular complexity index is 368. The summed E-state index contributed by atoms with van der Waals surface area (Å²) in [6.07, 6.45) is 0. The zero-order chi connectivity index (χ0) is 13.0. The number of nitrogens with zero attached hydrogens (tertiary/aromatic N) is 3. The van der Waals surface area contributed by atoms with E-state index in [0.29, 0.717) is 30.2 Å². The van der Waals surface area contributed by atoms with Gasteiger partial charge in [0.1, 0.15) is 18.2 Å². The monoisotopic (exact) mass is 238 g/mol. The second kappa shape index (κ2) is 5.82. The van der Waals surface area contributed by atoms with Crippen LogP contribution in [0.2, 0.25) is 0 Å². The summed E-state index contributed by atoms with van der Waals surface area (Å²) in [5.74, 6) is 2.47. The maximum Gasteiger partial charge on any atom is 0.158 e. The number of ether oxygens (including phenoxy) is 1. The van der Waals surface area contributed by atoms with E-state index >= 15 is 0 Å². The van der Waals surface area contributed by atoms with E-state index in [1.54, 1.807) is 13.2 Å². The van der Waals surface area contributed by atoms with E-state index in [4.69, 9.17) is 10.5 Å². The van der Waals surface area contributed by atoms with Gasteiger partial charge in [-0.2, -0.15) is 0 Å². The molecule has 0 aliphatic rings. The molecule has 0 aliphatic heterocycles. The van der Waals surface area contributed by atoms with Crippen molar-refractivity contribution in [1.29, 1.82) is 0 Å². The molecule has 0 spiro atoms. The minimum Gasteiger partial charge on any atom is -0.384 e. The van der Waals surface area contributed by atoms with Gasteiger partial charge in [-0.1, -0.05) is 13.8 Å². The predicted octanol–water partition coefficient (Wildman–Crippen LogP) is 1.69. The van der Waals surface area contributed by atoms with E-state index in [1.165, 1.54) is 0 Å². The Kier molecular flexibility index (Phi) is 4.69. The fourth-order valence-corrected chi connectivity index (χ4v) is 1.53. The zero-order valence-electron chi connectivity index (χ0n) is 11.3. The van der Waals surface area contributed by atoms with E-state index < -0.39 is 0 Å². The third-order valence-corrected chi connectivity index (χ3v) is 2.99. The Morgan fingerprint density at radius 2 is 2.00 bits per heavy atom. The number of aromatic nitrogens is 2. The summed E-state index contributed by atoms with van der Waals surface area (Å²) in [5, 5.41) is 0. The molecule has 1 atom stereocenters. The highest BCUT2D eigenvalue weighted by Gasteiger charge is 2.16. The van der Waals surface area contributed by atoms with E-state index in [2.05, 4.69) is 35.6 Å². The van der Waals surface area contributed by atoms with Gasteiger partial charge in [-0.05, 0) is 12.8 Å². The molecule has 96 valence electrons. The van der Waals surface area contributed by atoms with Crippen molar-refractivity contribution in [3.8, 4) is 0 Å². The fraction of sp³-hybridized carbons (Fsp3) is 0.667. The van der Waals surface area contributed by atoms with Crippen LogP contribution in [-0.2, 0) is 11.3 Å². The van der Waals surface area contributed by atoms with Crippen molar-refractivity contribution in [3.05, 3.63) is 11.9 Å². The molecule has 0 bridgehead atoms. The van der Waals surface area contributed by atoms with Crippen molar-refractivity contribution < 1.29 is 4.74 Å². The normalized spacial score (nSPS) is 12.8. The van der Waals surface area contributed by atoms with E-state index in [0.717, 1.165) is 5.82 Å². The molecule has 1 unspecified atom stereocenters. The van der Waals surface area contributed by atoms with Crippen LogP contribution >= 0.6 is 0 Å². The van der Waals surface area contributed by atoms with Crippen LogP contribution in [0.15, 0.2) is 6.07 Å². The van der Waals surface area contributed by atoms with Gasteiger partial charge in [-0.3, -0.25) is 0 Å². The molecule has 0 saturated heterocycles. The average molecular weight is 238 g/mol. The minimum atomic E-state index is 0.377. The summed E-state index contributed by atoms with van der Waals surface area (Å²) < 4.78 is 5.03. The molecule has 17 heavy (non-hydrogen) atoms. The molecule has 5 heteroatoms. The van der Waals surface area contributed by atoms with Crippen molar-refractivity contribution in [3.63, 3.8) is 0 Å². The number of nitrogens with two attached hydrogens (primary N) is 1. The lowest BCUT2D eigenvalue weighted by molar-refractivity contribution is 0.178. The number of hydrogen-bond acceptors (Lipinski definition) is 5. The van der Waals surface area contributed by atoms with E-state index in [1.807, 2.05) is 7.05 Å². The van der Waals surface area contributed by atoms with Gasteiger partial charge in [0.2, 0.25) is 0 Å². The summed E-state index contributed by atoms with van der Waals surface area (Å²) in [5.41, 5.74) is 5.77. The molecule has 1 heterocycles. The maximum atomic E-state index is 5.77. The van der Waals surface area contributed by atoms with Crippen molar-refractivity contribution in [2.24, 2.45) is 5.92 Å². The molecule has 1 aromatic rings. The lowest BCUT2D eigenvalue weighted by Gasteiger charge is -2.29. The van der Waals surface area contributed by atoms with Crippen LogP contribution in [0.5, 0.6) is 0 Å². The van der Waals surface area contributed by atoms with Crippen LogP contribution in [0.3, 0.4) is 0 Å². The van der Waals surface area contributed by atoms with Crippen molar-refractivity contribution in [1.82, 2.24) is 9.97 Å². The molecule has 0 saturated carbocycles. The Balaban J connectivity index is 2.96. The smallest absolute Gasteiger partial charge is 0.158 e. The Hall–Kier alpha value is -1.36. The second-order valence-electron chi connectivity index (χ2n) is 4.60. The molecule has 0 fully saturated rings. The Morgan fingerprint density at radius 3 is 2.53 bits per heavy atom. The highest BCUT2D eigenvalue weighted by Crippen LogP contribution is 2.18. The fourth-order valence-electron chi connectivity index (χ4n) is 1.53. The SMILES string of the molecule is COCc1nc(N)cc(N(C)C(C)C(C)C)n1. The zero-order valence-corrected chi connectivity index (χ0v) is 11.3. The summed E-state index contributed by atoms with van der Waals surface area (Å²) in [6, 6.07) is 2.18. The first kappa shape index (κ1) is 13.7. The standard InChI is InChI=1S/C12H22N4O/c1-8(2)9(3)16(4)12-6-10(13)14-11(15-12)7-17-5/h6,8-9H,7H2,1-5H3,(H2,13,14,15). The molecule has 0 amide bonds. The minimum absolute atomic E-state index is 0.377. The first-order valence-corrected chi connectivity index (χ1v) is 5.81. The summed E-state index contributed by atoms with van der Waals surface area (Å²) >= 11 is 0. The number of methoxy groups -OCH3 is 1. The number of anilines is 2. The summed E-state index contributed by atoms with van der Waals surface area (Å²) in [6.45, 7) is 6.91. The lowest BCUT2D eigenvalue weighted by Crippen LogP contribution is -2.34. The third-order valence-electron chi connectivity index (χ3n) is 2.99. The average Bonchev–Trinajstić information content (AvgIpc) is 2.26. The lowest BCUT2D eigenvalue weighted by atomic mass is 10.1. The van der Waals surface area contributed by atoms with Gasteiger partial charge in [-0.25, -0.2) is 9.97 Å². The topological polar surface area (TPSA) is 64.3 Å². The number of hydrogen-bond donors (Lipinski definition) is 1. The van der Waals surface area contributed by atoms with Gasteiger partial charge >= 0.3 is 0 Å². The second-order valence-corrected chi connectivity index (χ2v) is 4.60. The van der Waals surface area contributed by atoms with Gasteiger partial charge in [-0.15, -0.1) is 0 Å². The van der Waals surface area contributed by atoms with Crippen molar-refractivity contribution in [2.75, 3.05) is 24.8 Å². The highest BCUT2D eigenvalue weighted by molar-refractivity contribution is 5.47. The molecule has 5 nitrogen and oxygen atoms in total. The molecule has 0 radical (unpaired) electrons. The van der Waals surface area contributed by atoms with Crippen LogP contribution in [0, 0.1) is 5.92 Å². The first-order valence-electron chi connectivity index (χ1n) is 5.81. The van der Waals surface area contributed by atoms with Crippen LogP contribution < -0.4 is 10.6 Å². The molecular formula is C12H22N4O. The molecule has 1 rings (SSSR count). The van der Waals surface area contributed by atoms with Crippen LogP contribution in [0.25, 0.3) is 0 Å². The van der Waals surface area contributed by atoms with Gasteiger partial charge in [0, 0.05) is 26.3 Å². The highest BCUT2D eigenvalue weighted by atomic mass is 16.5. The summed E-state index contributed by atoms with van der Waals surface area (Å²) in [4.78, 5) is 10.7. The molecular weight excluding hydrogens is 216 g/mol. The molecule has 1 aromatic heterocycles. The van der Waals surface area contributed by atoms with Crippen molar-refractivity contribution >= 4 is 11.6 Å². The van der Waals surface area contributed by atoms with Crippen LogP contribution in [0.1, 0.15) is 26.6 Å². The van der Waals surface area contributed by atoms with Crippen molar-refractivity contribution in [2.45, 2.75) is 33.4 Å².